The maximum absolute atomic E-state index is 12.0. The van der Waals surface area contributed by atoms with Gasteiger partial charge in [0.15, 0.2) is 0 Å². The van der Waals surface area contributed by atoms with Crippen molar-refractivity contribution >= 4 is 24.1 Å². The van der Waals surface area contributed by atoms with Crippen molar-refractivity contribution in [1.29, 1.82) is 0 Å². The summed E-state index contributed by atoms with van der Waals surface area (Å²) in [5.74, 6) is -0.307. The van der Waals surface area contributed by atoms with Gasteiger partial charge in [0.05, 0.1) is 6.07 Å². The Balaban J connectivity index is 1.93. The topological polar surface area (TPSA) is 97.7 Å². The van der Waals surface area contributed by atoms with Crippen LogP contribution in [0, 0.1) is 24.0 Å². The van der Waals surface area contributed by atoms with Crippen molar-refractivity contribution < 1.29 is 14.1 Å². The van der Waals surface area contributed by atoms with E-state index in [1.54, 1.807) is 6.07 Å². The fourth-order valence-electron chi connectivity index (χ4n) is 1.86. The lowest BCUT2D eigenvalue weighted by atomic mass is 10.0. The number of carbonyl (C=O) groups is 1. The average Bonchev–Trinajstić information content (AvgIpc) is 2.98. The van der Waals surface area contributed by atoms with Gasteiger partial charge in [0.2, 0.25) is 0 Å². The third kappa shape index (κ3) is 4.13. The number of nitrogens with zero attached hydrogens (tertiary/aromatic N) is 2. The Bertz CT molecular complexity index is 790. The van der Waals surface area contributed by atoms with E-state index in [-0.39, 0.29) is 11.8 Å². The van der Waals surface area contributed by atoms with Crippen LogP contribution < -0.4 is 5.43 Å². The number of allylic oxidation sites excluding steroid dienone is 1. The van der Waals surface area contributed by atoms with Crippen LogP contribution in [0.5, 0.6) is 0 Å². The highest BCUT2D eigenvalue weighted by Crippen LogP contribution is 2.16. The van der Waals surface area contributed by atoms with Gasteiger partial charge >= 0.3 is 5.88 Å². The molecule has 0 fully saturated rings. The first-order chi connectivity index (χ1) is 11.0. The SMILES string of the molecule is Cc1cccc(C(=O)N/N=C/C=C/c2ccc([N+](=O)[O-])o2)c1C. The number of furan rings is 1. The van der Waals surface area contributed by atoms with Gasteiger partial charge in [-0.15, -0.1) is 0 Å². The smallest absolute Gasteiger partial charge is 0.401 e. The predicted octanol–water partition coefficient (Wildman–Crippen LogP) is 3.23. The van der Waals surface area contributed by atoms with Crippen LogP contribution in [-0.2, 0) is 0 Å². The van der Waals surface area contributed by atoms with Crippen LogP contribution in [0.25, 0.3) is 6.08 Å². The third-order valence-electron chi connectivity index (χ3n) is 3.23. The highest BCUT2D eigenvalue weighted by molar-refractivity contribution is 5.96. The molecule has 0 bridgehead atoms. The molecule has 0 aliphatic rings. The zero-order valence-electron chi connectivity index (χ0n) is 12.6. The quantitative estimate of drug-likeness (QED) is 0.520. The van der Waals surface area contributed by atoms with Gasteiger partial charge in [-0.25, -0.2) is 5.43 Å². The fraction of sp³-hybridized carbons (Fsp3) is 0.125. The number of hydrogen-bond acceptors (Lipinski definition) is 5. The second-order valence-electron chi connectivity index (χ2n) is 4.76. The Morgan fingerprint density at radius 2 is 2.09 bits per heavy atom. The molecule has 0 aliphatic heterocycles. The molecule has 0 saturated heterocycles. The van der Waals surface area contributed by atoms with E-state index in [1.807, 2.05) is 26.0 Å². The molecular formula is C16H15N3O4. The number of rotatable bonds is 5. The summed E-state index contributed by atoms with van der Waals surface area (Å²) < 4.78 is 4.94. The number of nitro groups is 1. The molecule has 1 heterocycles. The molecule has 1 aromatic carbocycles. The van der Waals surface area contributed by atoms with Crippen molar-refractivity contribution in [1.82, 2.24) is 5.43 Å². The largest absolute Gasteiger partial charge is 0.433 e. The zero-order valence-corrected chi connectivity index (χ0v) is 12.6. The maximum Gasteiger partial charge on any atom is 0.433 e. The highest BCUT2D eigenvalue weighted by Gasteiger charge is 2.10. The Kier molecular flexibility index (Phi) is 5.03. The maximum atomic E-state index is 12.0. The van der Waals surface area contributed by atoms with E-state index in [1.165, 1.54) is 30.5 Å². The van der Waals surface area contributed by atoms with Gasteiger partial charge in [0, 0.05) is 11.8 Å². The summed E-state index contributed by atoms with van der Waals surface area (Å²) in [5.41, 5.74) is 4.91. The predicted molar refractivity (Wildman–Crippen MR) is 86.3 cm³/mol. The Morgan fingerprint density at radius 3 is 2.78 bits per heavy atom. The normalized spacial score (nSPS) is 11.2. The van der Waals surface area contributed by atoms with Crippen molar-refractivity contribution in [2.24, 2.45) is 5.10 Å². The number of aryl methyl sites for hydroxylation is 1. The highest BCUT2D eigenvalue weighted by atomic mass is 16.6. The second-order valence-corrected chi connectivity index (χ2v) is 4.76. The molecule has 23 heavy (non-hydrogen) atoms. The first-order valence-electron chi connectivity index (χ1n) is 6.79. The molecule has 0 saturated carbocycles. The summed E-state index contributed by atoms with van der Waals surface area (Å²) in [4.78, 5) is 21.8. The molecule has 0 aliphatic carbocycles. The van der Waals surface area contributed by atoms with Crippen molar-refractivity contribution in [3.63, 3.8) is 0 Å². The van der Waals surface area contributed by atoms with Crippen LogP contribution in [0.1, 0.15) is 27.2 Å². The molecule has 2 rings (SSSR count). The molecule has 7 nitrogen and oxygen atoms in total. The van der Waals surface area contributed by atoms with Gasteiger partial charge in [0.1, 0.15) is 10.7 Å². The number of nitrogens with one attached hydrogen (secondary N) is 1. The van der Waals surface area contributed by atoms with E-state index in [2.05, 4.69) is 10.5 Å². The van der Waals surface area contributed by atoms with Crippen LogP contribution in [-0.4, -0.2) is 17.0 Å². The second kappa shape index (κ2) is 7.17. The first kappa shape index (κ1) is 16.2. The molecule has 0 radical (unpaired) electrons. The first-order valence-corrected chi connectivity index (χ1v) is 6.79. The molecule has 0 spiro atoms. The Hall–Kier alpha value is -3.22. The number of benzene rings is 1. The standard InChI is InChI=1S/C16H15N3O4/c1-11-5-3-7-14(12(11)2)16(20)18-17-10-4-6-13-8-9-15(23-13)19(21)22/h3-10H,1-2H3,(H,18,20)/b6-4+,17-10+. The molecule has 7 heteroatoms. The molecule has 1 aromatic heterocycles. The Morgan fingerprint density at radius 1 is 1.30 bits per heavy atom. The molecular weight excluding hydrogens is 298 g/mol. The van der Waals surface area contributed by atoms with Gasteiger partial charge in [0.25, 0.3) is 5.91 Å². The van der Waals surface area contributed by atoms with Crippen LogP contribution >= 0.6 is 0 Å². The molecule has 2 aromatic rings. The molecule has 0 unspecified atom stereocenters. The number of amides is 1. The lowest BCUT2D eigenvalue weighted by Crippen LogP contribution is -2.18. The molecule has 118 valence electrons. The van der Waals surface area contributed by atoms with Gasteiger partial charge in [-0.3, -0.25) is 14.9 Å². The minimum atomic E-state index is -0.615. The van der Waals surface area contributed by atoms with Crippen molar-refractivity contribution in [3.05, 3.63) is 69.0 Å². The van der Waals surface area contributed by atoms with Crippen molar-refractivity contribution in [3.8, 4) is 0 Å². The summed E-state index contributed by atoms with van der Waals surface area (Å²) in [6, 6.07) is 8.20. The van der Waals surface area contributed by atoms with E-state index < -0.39 is 4.92 Å². The van der Waals surface area contributed by atoms with Gasteiger partial charge < -0.3 is 4.42 Å². The summed E-state index contributed by atoms with van der Waals surface area (Å²) in [6.07, 6.45) is 4.36. The monoisotopic (exact) mass is 313 g/mol. The van der Waals surface area contributed by atoms with E-state index in [9.17, 15) is 14.9 Å². The van der Waals surface area contributed by atoms with Crippen LogP contribution in [0.4, 0.5) is 5.88 Å². The van der Waals surface area contributed by atoms with E-state index in [0.717, 1.165) is 11.1 Å². The molecule has 1 amide bonds. The molecule has 1 N–H and O–H groups in total. The molecule has 0 atom stereocenters. The number of carbonyl (C=O) groups excluding carboxylic acids is 1. The van der Waals surface area contributed by atoms with E-state index in [4.69, 9.17) is 4.42 Å². The Labute approximate surface area is 132 Å². The minimum absolute atomic E-state index is 0.301. The number of hydrazone groups is 1. The van der Waals surface area contributed by atoms with Crippen LogP contribution in [0.2, 0.25) is 0 Å². The van der Waals surface area contributed by atoms with Gasteiger partial charge in [-0.1, -0.05) is 12.1 Å². The third-order valence-corrected chi connectivity index (χ3v) is 3.23. The summed E-state index contributed by atoms with van der Waals surface area (Å²) in [7, 11) is 0. The van der Waals surface area contributed by atoms with Gasteiger partial charge in [-0.2, -0.15) is 5.10 Å². The van der Waals surface area contributed by atoms with Gasteiger partial charge in [-0.05, 0) is 49.3 Å². The summed E-state index contributed by atoms with van der Waals surface area (Å²) in [6.45, 7) is 3.80. The van der Waals surface area contributed by atoms with Crippen molar-refractivity contribution in [2.45, 2.75) is 13.8 Å². The fourth-order valence-corrected chi connectivity index (χ4v) is 1.86. The van der Waals surface area contributed by atoms with E-state index >= 15 is 0 Å². The average molecular weight is 313 g/mol. The summed E-state index contributed by atoms with van der Waals surface area (Å²) >= 11 is 0. The number of hydrogen-bond donors (Lipinski definition) is 1. The van der Waals surface area contributed by atoms with Crippen molar-refractivity contribution in [2.75, 3.05) is 0 Å². The zero-order chi connectivity index (χ0) is 16.8. The lowest BCUT2D eigenvalue weighted by Gasteiger charge is -2.06. The van der Waals surface area contributed by atoms with Crippen LogP contribution in [0.3, 0.4) is 0 Å². The summed E-state index contributed by atoms with van der Waals surface area (Å²) in [5, 5.41) is 14.3. The minimum Gasteiger partial charge on any atom is -0.401 e. The van der Waals surface area contributed by atoms with E-state index in [0.29, 0.717) is 11.3 Å². The van der Waals surface area contributed by atoms with Crippen LogP contribution in [0.15, 0.2) is 45.9 Å². The lowest BCUT2D eigenvalue weighted by molar-refractivity contribution is -0.402.